The van der Waals surface area contributed by atoms with Crippen molar-refractivity contribution >= 4 is 11.3 Å². The van der Waals surface area contributed by atoms with Gasteiger partial charge >= 0.3 is 0 Å². The first-order chi connectivity index (χ1) is 8.36. The molecule has 0 bridgehead atoms. The molecule has 0 saturated carbocycles. The van der Waals surface area contributed by atoms with Gasteiger partial charge in [-0.2, -0.15) is 0 Å². The van der Waals surface area contributed by atoms with Gasteiger partial charge in [-0.15, -0.1) is 11.3 Å². The Morgan fingerprint density at radius 3 is 3.29 bits per heavy atom. The molecule has 3 heterocycles. The number of hydrogen-bond acceptors (Lipinski definition) is 5. The Bertz CT molecular complexity index is 387. The van der Waals surface area contributed by atoms with Gasteiger partial charge < -0.3 is 10.1 Å². The molecule has 1 aromatic heterocycles. The van der Waals surface area contributed by atoms with Crippen molar-refractivity contribution in [1.29, 1.82) is 0 Å². The molecule has 0 aliphatic carbocycles. The number of rotatable bonds is 2. The van der Waals surface area contributed by atoms with E-state index in [0.717, 1.165) is 45.8 Å². The molecule has 1 fully saturated rings. The molecule has 0 radical (unpaired) electrons. The highest BCUT2D eigenvalue weighted by Crippen LogP contribution is 2.30. The lowest BCUT2D eigenvalue weighted by atomic mass is 10.2. The summed E-state index contributed by atoms with van der Waals surface area (Å²) >= 11 is 1.84. The molecule has 1 aromatic rings. The molecule has 0 aromatic carbocycles. The van der Waals surface area contributed by atoms with E-state index in [9.17, 15) is 0 Å². The number of likely N-dealkylation sites (N-methyl/N-ethyl adjacent to an activating group) is 1. The highest BCUT2D eigenvalue weighted by Gasteiger charge is 2.24. The van der Waals surface area contributed by atoms with Gasteiger partial charge in [-0.25, -0.2) is 4.98 Å². The van der Waals surface area contributed by atoms with Crippen LogP contribution in [-0.4, -0.2) is 42.7 Å². The van der Waals surface area contributed by atoms with Gasteiger partial charge in [0, 0.05) is 37.5 Å². The van der Waals surface area contributed by atoms with E-state index in [2.05, 4.69) is 17.1 Å². The van der Waals surface area contributed by atoms with Crippen LogP contribution in [0.15, 0.2) is 0 Å². The van der Waals surface area contributed by atoms with Crippen LogP contribution >= 0.6 is 11.3 Å². The van der Waals surface area contributed by atoms with Crippen LogP contribution in [0.3, 0.4) is 0 Å². The predicted octanol–water partition coefficient (Wildman–Crippen LogP) is 1.18. The van der Waals surface area contributed by atoms with Gasteiger partial charge in [0.1, 0.15) is 11.1 Å². The van der Waals surface area contributed by atoms with Crippen LogP contribution in [0.5, 0.6) is 0 Å². The Labute approximate surface area is 106 Å². The Hall–Kier alpha value is -0.490. The summed E-state index contributed by atoms with van der Waals surface area (Å²) < 4.78 is 5.77. The first-order valence-electron chi connectivity index (χ1n) is 6.40. The number of hydrogen-bond donors (Lipinski definition) is 1. The lowest BCUT2D eigenvalue weighted by molar-refractivity contribution is 0.0275. The SMILES string of the molecule is CCN1CCc2nc(C3CNCCO3)sc2C1. The van der Waals surface area contributed by atoms with Gasteiger partial charge in [-0.1, -0.05) is 6.92 Å². The summed E-state index contributed by atoms with van der Waals surface area (Å²) in [6, 6.07) is 0. The van der Waals surface area contributed by atoms with Crippen molar-refractivity contribution in [1.82, 2.24) is 15.2 Å². The molecule has 3 rings (SSSR count). The molecule has 0 spiro atoms. The van der Waals surface area contributed by atoms with Crippen molar-refractivity contribution in [2.24, 2.45) is 0 Å². The first kappa shape index (κ1) is 11.6. The van der Waals surface area contributed by atoms with Crippen LogP contribution in [0.25, 0.3) is 0 Å². The van der Waals surface area contributed by atoms with E-state index >= 15 is 0 Å². The summed E-state index contributed by atoms with van der Waals surface area (Å²) in [4.78, 5) is 8.69. The molecule has 4 nitrogen and oxygen atoms in total. The predicted molar refractivity (Wildman–Crippen MR) is 68.3 cm³/mol. The number of morpholine rings is 1. The zero-order valence-electron chi connectivity index (χ0n) is 10.2. The zero-order chi connectivity index (χ0) is 11.7. The molecule has 2 aliphatic heterocycles. The summed E-state index contributed by atoms with van der Waals surface area (Å²) in [5.74, 6) is 0. The molecule has 0 amide bonds. The Morgan fingerprint density at radius 1 is 1.59 bits per heavy atom. The number of nitrogens with zero attached hydrogens (tertiary/aromatic N) is 2. The third-order valence-corrected chi connectivity index (χ3v) is 4.65. The molecule has 1 unspecified atom stereocenters. The van der Waals surface area contributed by atoms with Gasteiger partial charge in [-0.3, -0.25) is 4.90 Å². The van der Waals surface area contributed by atoms with E-state index in [0.29, 0.717) is 0 Å². The van der Waals surface area contributed by atoms with Crippen molar-refractivity contribution < 1.29 is 4.74 Å². The summed E-state index contributed by atoms with van der Waals surface area (Å²) in [6.07, 6.45) is 1.27. The van der Waals surface area contributed by atoms with Crippen LogP contribution in [-0.2, 0) is 17.7 Å². The molecule has 1 atom stereocenters. The van der Waals surface area contributed by atoms with Gasteiger partial charge in [0.05, 0.1) is 12.3 Å². The smallest absolute Gasteiger partial charge is 0.123 e. The number of ether oxygens (including phenoxy) is 1. The van der Waals surface area contributed by atoms with Crippen LogP contribution in [0, 0.1) is 0 Å². The average Bonchev–Trinajstić information content (AvgIpc) is 2.82. The second kappa shape index (κ2) is 5.02. The highest BCUT2D eigenvalue weighted by atomic mass is 32.1. The molecule has 1 saturated heterocycles. The molecule has 5 heteroatoms. The maximum absolute atomic E-state index is 5.77. The van der Waals surface area contributed by atoms with Crippen LogP contribution in [0.4, 0.5) is 0 Å². The lowest BCUT2D eigenvalue weighted by Gasteiger charge is -2.23. The van der Waals surface area contributed by atoms with E-state index in [4.69, 9.17) is 9.72 Å². The van der Waals surface area contributed by atoms with E-state index < -0.39 is 0 Å². The Balaban J connectivity index is 1.77. The fraction of sp³-hybridized carbons (Fsp3) is 0.750. The third-order valence-electron chi connectivity index (χ3n) is 3.48. The highest BCUT2D eigenvalue weighted by molar-refractivity contribution is 7.11. The van der Waals surface area contributed by atoms with Crippen molar-refractivity contribution in [3.05, 3.63) is 15.6 Å². The number of thiazole rings is 1. The van der Waals surface area contributed by atoms with E-state index in [-0.39, 0.29) is 6.10 Å². The van der Waals surface area contributed by atoms with Gasteiger partial charge in [0.25, 0.3) is 0 Å². The van der Waals surface area contributed by atoms with Gasteiger partial charge in [0.2, 0.25) is 0 Å². The standard InChI is InChI=1S/C12H19N3OS/c1-2-15-5-3-9-11(8-15)17-12(14-9)10-7-13-4-6-16-10/h10,13H,2-8H2,1H3. The minimum absolute atomic E-state index is 0.175. The maximum Gasteiger partial charge on any atom is 0.123 e. The van der Waals surface area contributed by atoms with E-state index in [1.165, 1.54) is 15.6 Å². The molecule has 2 aliphatic rings. The van der Waals surface area contributed by atoms with Gasteiger partial charge in [-0.05, 0) is 6.54 Å². The summed E-state index contributed by atoms with van der Waals surface area (Å²) in [5.41, 5.74) is 1.31. The number of nitrogens with one attached hydrogen (secondary N) is 1. The fourth-order valence-corrected chi connectivity index (χ4v) is 3.60. The monoisotopic (exact) mass is 253 g/mol. The Kier molecular flexibility index (Phi) is 3.42. The fourth-order valence-electron chi connectivity index (χ4n) is 2.40. The van der Waals surface area contributed by atoms with E-state index in [1.807, 2.05) is 11.3 Å². The van der Waals surface area contributed by atoms with E-state index in [1.54, 1.807) is 0 Å². The van der Waals surface area contributed by atoms with Crippen molar-refractivity contribution in [3.63, 3.8) is 0 Å². The second-order valence-corrected chi connectivity index (χ2v) is 5.72. The van der Waals surface area contributed by atoms with Crippen molar-refractivity contribution in [2.45, 2.75) is 26.0 Å². The van der Waals surface area contributed by atoms with Crippen molar-refractivity contribution in [3.8, 4) is 0 Å². The van der Waals surface area contributed by atoms with Gasteiger partial charge in [0.15, 0.2) is 0 Å². The third kappa shape index (κ3) is 2.38. The molecule has 94 valence electrons. The largest absolute Gasteiger partial charge is 0.368 e. The average molecular weight is 253 g/mol. The topological polar surface area (TPSA) is 37.4 Å². The van der Waals surface area contributed by atoms with Crippen molar-refractivity contribution in [2.75, 3.05) is 32.8 Å². The second-order valence-electron chi connectivity index (χ2n) is 4.60. The summed E-state index contributed by atoms with van der Waals surface area (Å²) in [7, 11) is 0. The molecule has 17 heavy (non-hydrogen) atoms. The molecular formula is C12H19N3OS. The molecule has 1 N–H and O–H groups in total. The summed E-state index contributed by atoms with van der Waals surface area (Å²) in [5, 5.41) is 4.53. The minimum atomic E-state index is 0.175. The lowest BCUT2D eigenvalue weighted by Crippen LogP contribution is -2.33. The minimum Gasteiger partial charge on any atom is -0.368 e. The van der Waals surface area contributed by atoms with Crippen LogP contribution in [0.2, 0.25) is 0 Å². The maximum atomic E-state index is 5.77. The molecular weight excluding hydrogens is 234 g/mol. The Morgan fingerprint density at radius 2 is 2.53 bits per heavy atom. The number of aromatic nitrogens is 1. The number of fused-ring (bicyclic) bond motifs is 1. The zero-order valence-corrected chi connectivity index (χ0v) is 11.1. The van der Waals surface area contributed by atoms with Crippen LogP contribution < -0.4 is 5.32 Å². The normalized spacial score (nSPS) is 25.8. The first-order valence-corrected chi connectivity index (χ1v) is 7.21. The van der Waals surface area contributed by atoms with Crippen LogP contribution in [0.1, 0.15) is 28.6 Å². The quantitative estimate of drug-likeness (QED) is 0.859. The summed E-state index contributed by atoms with van der Waals surface area (Å²) in [6.45, 7) is 8.25.